The van der Waals surface area contributed by atoms with Crippen molar-refractivity contribution in [1.82, 2.24) is 4.98 Å². The third-order valence-corrected chi connectivity index (χ3v) is 2.92. The molecule has 0 saturated heterocycles. The molecular weight excluding hydrogens is 249 g/mol. The topological polar surface area (TPSA) is 12.9 Å². The average molecular weight is 257 g/mol. The molecule has 0 atom stereocenters. The van der Waals surface area contributed by atoms with Crippen molar-refractivity contribution < 1.29 is 0 Å². The van der Waals surface area contributed by atoms with E-state index in [4.69, 9.17) is 11.6 Å². The molecule has 0 aliphatic carbocycles. The minimum atomic E-state index is 0.501. The molecule has 2 aromatic rings. The van der Waals surface area contributed by atoms with Gasteiger partial charge < -0.3 is 0 Å². The molecule has 13 heavy (non-hydrogen) atoms. The number of nitrogens with zero attached hydrogens (tertiary/aromatic N) is 1. The largest absolute Gasteiger partial charge is 0.256 e. The number of halogens is 2. The van der Waals surface area contributed by atoms with E-state index in [-0.39, 0.29) is 0 Å². The van der Waals surface area contributed by atoms with Crippen LogP contribution in [0.15, 0.2) is 34.9 Å². The van der Waals surface area contributed by atoms with Crippen LogP contribution in [0.3, 0.4) is 0 Å². The summed E-state index contributed by atoms with van der Waals surface area (Å²) in [6.45, 7) is 0. The van der Waals surface area contributed by atoms with Crippen LogP contribution in [0.5, 0.6) is 0 Å². The number of hydrogen-bond donors (Lipinski definition) is 0. The van der Waals surface area contributed by atoms with Gasteiger partial charge in [-0.05, 0) is 17.7 Å². The number of fused-ring (bicyclic) bond motifs is 1. The molecule has 0 aliphatic rings. The molecule has 66 valence electrons. The monoisotopic (exact) mass is 255 g/mol. The summed E-state index contributed by atoms with van der Waals surface area (Å²) in [6, 6.07) is 7.95. The van der Waals surface area contributed by atoms with E-state index in [1.54, 1.807) is 6.20 Å². The van der Waals surface area contributed by atoms with Crippen LogP contribution in [0.1, 0.15) is 5.56 Å². The SMILES string of the molecule is ClCc1ccc(Br)c2cccnc12. The first-order chi connectivity index (χ1) is 6.33. The summed E-state index contributed by atoms with van der Waals surface area (Å²) in [4.78, 5) is 4.30. The molecule has 0 spiro atoms. The highest BCUT2D eigenvalue weighted by Crippen LogP contribution is 2.25. The molecule has 1 aromatic heterocycles. The summed E-state index contributed by atoms with van der Waals surface area (Å²) in [7, 11) is 0. The molecule has 1 aromatic carbocycles. The quantitative estimate of drug-likeness (QED) is 0.708. The predicted octanol–water partition coefficient (Wildman–Crippen LogP) is 3.74. The van der Waals surface area contributed by atoms with Gasteiger partial charge in [0.05, 0.1) is 5.52 Å². The first-order valence-corrected chi connectivity index (χ1v) is 5.24. The third kappa shape index (κ3) is 1.56. The Hall–Kier alpha value is -0.600. The normalized spacial score (nSPS) is 10.6. The maximum Gasteiger partial charge on any atom is 0.0757 e. The maximum atomic E-state index is 5.80. The molecule has 1 heterocycles. The highest BCUT2D eigenvalue weighted by atomic mass is 79.9. The summed E-state index contributed by atoms with van der Waals surface area (Å²) >= 11 is 9.28. The van der Waals surface area contributed by atoms with Gasteiger partial charge in [-0.25, -0.2) is 0 Å². The Labute approximate surface area is 89.9 Å². The third-order valence-electron chi connectivity index (χ3n) is 1.94. The van der Waals surface area contributed by atoms with E-state index in [1.807, 2.05) is 24.3 Å². The van der Waals surface area contributed by atoms with Crippen LogP contribution < -0.4 is 0 Å². The zero-order valence-corrected chi connectivity index (χ0v) is 9.14. The summed E-state index contributed by atoms with van der Waals surface area (Å²) < 4.78 is 1.06. The number of benzene rings is 1. The van der Waals surface area contributed by atoms with Gasteiger partial charge in [0.2, 0.25) is 0 Å². The van der Waals surface area contributed by atoms with Gasteiger partial charge in [-0.2, -0.15) is 0 Å². The molecule has 0 unspecified atom stereocenters. The fourth-order valence-corrected chi connectivity index (χ4v) is 1.97. The highest BCUT2D eigenvalue weighted by Gasteiger charge is 2.03. The van der Waals surface area contributed by atoms with Gasteiger partial charge in [-0.15, -0.1) is 11.6 Å². The van der Waals surface area contributed by atoms with Crippen LogP contribution in [-0.4, -0.2) is 4.98 Å². The molecule has 0 aliphatic heterocycles. The molecule has 1 nitrogen and oxygen atoms in total. The standard InChI is InChI=1S/C10H7BrClN/c11-9-4-3-7(6-12)10-8(9)2-1-5-13-10/h1-5H,6H2. The lowest BCUT2D eigenvalue weighted by Gasteiger charge is -2.03. The van der Waals surface area contributed by atoms with Gasteiger partial charge >= 0.3 is 0 Å². The van der Waals surface area contributed by atoms with E-state index in [1.165, 1.54) is 0 Å². The number of rotatable bonds is 1. The van der Waals surface area contributed by atoms with Gasteiger partial charge in [-0.1, -0.05) is 28.1 Å². The van der Waals surface area contributed by atoms with E-state index >= 15 is 0 Å². The second kappa shape index (κ2) is 3.64. The summed E-state index contributed by atoms with van der Waals surface area (Å²) in [5.41, 5.74) is 2.05. The minimum absolute atomic E-state index is 0.501. The van der Waals surface area contributed by atoms with Crippen molar-refractivity contribution in [3.8, 4) is 0 Å². The van der Waals surface area contributed by atoms with E-state index in [0.717, 1.165) is 20.9 Å². The van der Waals surface area contributed by atoms with Gasteiger partial charge in [0.15, 0.2) is 0 Å². The zero-order chi connectivity index (χ0) is 9.26. The van der Waals surface area contributed by atoms with Crippen molar-refractivity contribution in [2.75, 3.05) is 0 Å². The van der Waals surface area contributed by atoms with Crippen molar-refractivity contribution >= 4 is 38.4 Å². The fourth-order valence-electron chi connectivity index (χ4n) is 1.30. The van der Waals surface area contributed by atoms with Gasteiger partial charge in [0.1, 0.15) is 0 Å². The first-order valence-electron chi connectivity index (χ1n) is 3.91. The number of aromatic nitrogens is 1. The van der Waals surface area contributed by atoms with Crippen LogP contribution >= 0.6 is 27.5 Å². The number of hydrogen-bond acceptors (Lipinski definition) is 1. The summed E-state index contributed by atoms with van der Waals surface area (Å²) in [5, 5.41) is 1.11. The lowest BCUT2D eigenvalue weighted by Crippen LogP contribution is -1.85. The van der Waals surface area contributed by atoms with Crippen LogP contribution in [0, 0.1) is 0 Å². The van der Waals surface area contributed by atoms with Gasteiger partial charge in [0.25, 0.3) is 0 Å². The first kappa shape index (κ1) is 8.97. The molecule has 0 amide bonds. The lowest BCUT2D eigenvalue weighted by molar-refractivity contribution is 1.34. The minimum Gasteiger partial charge on any atom is -0.256 e. The van der Waals surface area contributed by atoms with Crippen LogP contribution in [0.4, 0.5) is 0 Å². The van der Waals surface area contributed by atoms with E-state index < -0.39 is 0 Å². The van der Waals surface area contributed by atoms with Gasteiger partial charge in [-0.3, -0.25) is 4.98 Å². The molecule has 0 bridgehead atoms. The van der Waals surface area contributed by atoms with Crippen molar-refractivity contribution in [2.24, 2.45) is 0 Å². The zero-order valence-electron chi connectivity index (χ0n) is 6.80. The highest BCUT2D eigenvalue weighted by molar-refractivity contribution is 9.10. The second-order valence-corrected chi connectivity index (χ2v) is 3.86. The summed E-state index contributed by atoms with van der Waals surface area (Å²) in [5.74, 6) is 0.501. The van der Waals surface area contributed by atoms with Crippen LogP contribution in [0.25, 0.3) is 10.9 Å². The summed E-state index contributed by atoms with van der Waals surface area (Å²) in [6.07, 6.45) is 1.78. The Morgan fingerprint density at radius 3 is 2.92 bits per heavy atom. The maximum absolute atomic E-state index is 5.80. The van der Waals surface area contributed by atoms with Crippen molar-refractivity contribution in [3.63, 3.8) is 0 Å². The Morgan fingerprint density at radius 2 is 2.15 bits per heavy atom. The van der Waals surface area contributed by atoms with E-state index in [2.05, 4.69) is 20.9 Å². The van der Waals surface area contributed by atoms with E-state index in [0.29, 0.717) is 5.88 Å². The Morgan fingerprint density at radius 1 is 1.31 bits per heavy atom. The molecular formula is C10H7BrClN. The van der Waals surface area contributed by atoms with Gasteiger partial charge in [0, 0.05) is 21.9 Å². The smallest absolute Gasteiger partial charge is 0.0757 e. The lowest BCUT2D eigenvalue weighted by atomic mass is 10.1. The molecule has 2 rings (SSSR count). The fraction of sp³-hybridized carbons (Fsp3) is 0.100. The molecule has 0 fully saturated rings. The van der Waals surface area contributed by atoms with E-state index in [9.17, 15) is 0 Å². The van der Waals surface area contributed by atoms with Crippen molar-refractivity contribution in [3.05, 3.63) is 40.5 Å². The Balaban J connectivity index is 2.84. The number of alkyl halides is 1. The molecule has 3 heteroatoms. The molecule has 0 radical (unpaired) electrons. The Kier molecular flexibility index (Phi) is 2.51. The molecule has 0 saturated carbocycles. The van der Waals surface area contributed by atoms with Crippen LogP contribution in [0.2, 0.25) is 0 Å². The Bertz CT molecular complexity index is 442. The second-order valence-electron chi connectivity index (χ2n) is 2.74. The van der Waals surface area contributed by atoms with Crippen molar-refractivity contribution in [1.29, 1.82) is 0 Å². The number of pyridine rings is 1. The van der Waals surface area contributed by atoms with Crippen LogP contribution in [-0.2, 0) is 5.88 Å². The molecule has 0 N–H and O–H groups in total. The average Bonchev–Trinajstić information content (AvgIpc) is 2.19. The predicted molar refractivity (Wildman–Crippen MR) is 59.0 cm³/mol. The van der Waals surface area contributed by atoms with Crippen molar-refractivity contribution in [2.45, 2.75) is 5.88 Å².